The highest BCUT2D eigenvalue weighted by Gasteiger charge is 2.33. The van der Waals surface area contributed by atoms with Crippen molar-refractivity contribution in [2.45, 2.75) is 11.3 Å². The third-order valence-electron chi connectivity index (χ3n) is 4.66. The summed E-state index contributed by atoms with van der Waals surface area (Å²) < 4.78 is 32.9. The van der Waals surface area contributed by atoms with Crippen LogP contribution in [0, 0.1) is 0 Å². The van der Waals surface area contributed by atoms with Crippen molar-refractivity contribution in [1.82, 2.24) is 4.98 Å². The predicted octanol–water partition coefficient (Wildman–Crippen LogP) is 3.35. The molecule has 1 aliphatic heterocycles. The van der Waals surface area contributed by atoms with Crippen LogP contribution < -0.4 is 9.04 Å². The molecule has 144 valence electrons. The van der Waals surface area contributed by atoms with Crippen molar-refractivity contribution in [3.05, 3.63) is 58.6 Å². The Morgan fingerprint density at radius 3 is 2.75 bits per heavy atom. The molecule has 0 atom stereocenters. The minimum Gasteiger partial charge on any atom is -0.494 e. The Bertz CT molecular complexity index is 1230. The van der Waals surface area contributed by atoms with Gasteiger partial charge in [0.25, 0.3) is 10.0 Å². The van der Waals surface area contributed by atoms with Crippen LogP contribution in [0.5, 0.6) is 5.75 Å². The maximum atomic E-state index is 13.2. The van der Waals surface area contributed by atoms with E-state index in [0.717, 1.165) is 17.0 Å². The summed E-state index contributed by atoms with van der Waals surface area (Å²) in [4.78, 5) is 15.7. The molecule has 1 N–H and O–H groups in total. The van der Waals surface area contributed by atoms with Crippen LogP contribution >= 0.6 is 11.6 Å². The number of methoxy groups -OCH3 is 1. The summed E-state index contributed by atoms with van der Waals surface area (Å²) in [5.74, 6) is -0.425. The van der Waals surface area contributed by atoms with Gasteiger partial charge in [-0.3, -0.25) is 0 Å². The first-order valence-corrected chi connectivity index (χ1v) is 10.2. The van der Waals surface area contributed by atoms with Gasteiger partial charge in [-0.15, -0.1) is 0 Å². The molecule has 3 aromatic rings. The summed E-state index contributed by atoms with van der Waals surface area (Å²) in [7, 11) is -2.48. The normalized spacial score (nSPS) is 13.6. The minimum absolute atomic E-state index is 0.0258. The molecule has 0 bridgehead atoms. The summed E-state index contributed by atoms with van der Waals surface area (Å²) in [5.41, 5.74) is 1.10. The fourth-order valence-corrected chi connectivity index (χ4v) is 4.96. The zero-order valence-corrected chi connectivity index (χ0v) is 16.3. The third kappa shape index (κ3) is 2.85. The third-order valence-corrected chi connectivity index (χ3v) is 6.78. The number of aromatic carboxylic acids is 1. The summed E-state index contributed by atoms with van der Waals surface area (Å²) in [6.07, 6.45) is 0.508. The lowest BCUT2D eigenvalue weighted by Crippen LogP contribution is -2.30. The number of ether oxygens (including phenoxy) is 1. The summed E-state index contributed by atoms with van der Waals surface area (Å²) >= 11 is 5.87. The predicted molar refractivity (Wildman–Crippen MR) is 105 cm³/mol. The van der Waals surface area contributed by atoms with Gasteiger partial charge in [0.1, 0.15) is 17.1 Å². The van der Waals surface area contributed by atoms with Gasteiger partial charge < -0.3 is 9.84 Å². The SMILES string of the molecule is COc1cccc2cc3c(nc12)N(S(=O)(=O)c1ccc(Cl)c(C(=O)O)c1)CC3. The summed E-state index contributed by atoms with van der Waals surface area (Å²) in [6, 6.07) is 11.0. The van der Waals surface area contributed by atoms with Crippen LogP contribution in [0.25, 0.3) is 10.9 Å². The van der Waals surface area contributed by atoms with Crippen LogP contribution in [0.2, 0.25) is 5.02 Å². The summed E-state index contributed by atoms with van der Waals surface area (Å²) in [5, 5.41) is 10.1. The Hall–Kier alpha value is -2.84. The molecule has 0 unspecified atom stereocenters. The van der Waals surface area contributed by atoms with Gasteiger partial charge in [-0.25, -0.2) is 22.5 Å². The average Bonchev–Trinajstić information content (AvgIpc) is 3.09. The maximum absolute atomic E-state index is 13.2. The van der Waals surface area contributed by atoms with E-state index in [1.54, 1.807) is 6.07 Å². The van der Waals surface area contributed by atoms with Crippen molar-refractivity contribution in [2.75, 3.05) is 18.0 Å². The van der Waals surface area contributed by atoms with Gasteiger partial charge in [-0.1, -0.05) is 23.7 Å². The van der Waals surface area contributed by atoms with Crippen molar-refractivity contribution in [3.63, 3.8) is 0 Å². The van der Waals surface area contributed by atoms with Gasteiger partial charge in [0.15, 0.2) is 0 Å². The number of sulfonamides is 1. The topological polar surface area (TPSA) is 96.8 Å². The van der Waals surface area contributed by atoms with Gasteiger partial charge in [-0.05, 0) is 42.3 Å². The van der Waals surface area contributed by atoms with Gasteiger partial charge in [0, 0.05) is 11.9 Å². The van der Waals surface area contributed by atoms with Gasteiger partial charge in [0.05, 0.1) is 22.6 Å². The van der Waals surface area contributed by atoms with E-state index in [1.807, 2.05) is 18.2 Å². The number of fused-ring (bicyclic) bond motifs is 2. The second kappa shape index (κ2) is 6.65. The molecule has 2 aromatic carbocycles. The molecular weight excluding hydrogens is 404 g/mol. The van der Waals surface area contributed by atoms with E-state index in [9.17, 15) is 18.3 Å². The molecule has 7 nitrogen and oxygen atoms in total. The first-order chi connectivity index (χ1) is 13.3. The molecule has 2 heterocycles. The molecule has 0 fully saturated rings. The largest absolute Gasteiger partial charge is 0.494 e. The molecule has 28 heavy (non-hydrogen) atoms. The maximum Gasteiger partial charge on any atom is 0.337 e. The molecule has 0 spiro atoms. The number of para-hydroxylation sites is 1. The zero-order valence-electron chi connectivity index (χ0n) is 14.7. The lowest BCUT2D eigenvalue weighted by Gasteiger charge is -2.19. The van der Waals surface area contributed by atoms with E-state index in [2.05, 4.69) is 4.98 Å². The van der Waals surface area contributed by atoms with Crippen LogP contribution in [-0.2, 0) is 16.4 Å². The van der Waals surface area contributed by atoms with E-state index in [-0.39, 0.29) is 22.0 Å². The van der Waals surface area contributed by atoms with Gasteiger partial charge >= 0.3 is 5.97 Å². The number of benzene rings is 2. The highest BCUT2D eigenvalue weighted by Crippen LogP contribution is 2.36. The minimum atomic E-state index is -4.01. The molecule has 0 saturated carbocycles. The first-order valence-electron chi connectivity index (χ1n) is 8.35. The Morgan fingerprint density at radius 2 is 2.04 bits per heavy atom. The number of halogens is 1. The monoisotopic (exact) mass is 418 g/mol. The van der Waals surface area contributed by atoms with Gasteiger partial charge in [-0.2, -0.15) is 0 Å². The van der Waals surface area contributed by atoms with E-state index in [4.69, 9.17) is 16.3 Å². The van der Waals surface area contributed by atoms with Crippen LogP contribution in [0.3, 0.4) is 0 Å². The Kier molecular flexibility index (Phi) is 4.40. The number of carbonyl (C=O) groups is 1. The molecular formula is C19H15ClN2O5S. The van der Waals surface area contributed by atoms with Gasteiger partial charge in [0.2, 0.25) is 0 Å². The first kappa shape index (κ1) is 18.5. The number of pyridine rings is 1. The van der Waals surface area contributed by atoms with E-state index in [0.29, 0.717) is 23.5 Å². The number of hydrogen-bond acceptors (Lipinski definition) is 5. The molecule has 1 aromatic heterocycles. The van der Waals surface area contributed by atoms with Crippen molar-refractivity contribution >= 4 is 44.3 Å². The van der Waals surface area contributed by atoms with E-state index < -0.39 is 16.0 Å². The lowest BCUT2D eigenvalue weighted by molar-refractivity contribution is 0.0697. The second-order valence-electron chi connectivity index (χ2n) is 6.28. The highest BCUT2D eigenvalue weighted by atomic mass is 35.5. The summed E-state index contributed by atoms with van der Waals surface area (Å²) in [6.45, 7) is 0.217. The molecule has 0 saturated heterocycles. The lowest BCUT2D eigenvalue weighted by atomic mass is 10.1. The molecule has 4 rings (SSSR count). The van der Waals surface area contributed by atoms with Crippen molar-refractivity contribution in [1.29, 1.82) is 0 Å². The number of anilines is 1. The van der Waals surface area contributed by atoms with Crippen molar-refractivity contribution in [3.8, 4) is 5.75 Å². The number of nitrogens with zero attached hydrogens (tertiary/aromatic N) is 2. The molecule has 0 aliphatic carbocycles. The van der Waals surface area contributed by atoms with Crippen LogP contribution in [-0.4, -0.2) is 38.1 Å². The number of rotatable bonds is 4. The highest BCUT2D eigenvalue weighted by molar-refractivity contribution is 7.92. The van der Waals surface area contributed by atoms with Crippen LogP contribution in [0.15, 0.2) is 47.4 Å². The van der Waals surface area contributed by atoms with Crippen LogP contribution in [0.1, 0.15) is 15.9 Å². The second-order valence-corrected chi connectivity index (χ2v) is 8.55. The Morgan fingerprint density at radius 1 is 1.25 bits per heavy atom. The number of aromatic nitrogens is 1. The van der Waals surface area contributed by atoms with E-state index in [1.165, 1.54) is 23.5 Å². The molecule has 0 radical (unpaired) electrons. The van der Waals surface area contributed by atoms with Crippen LogP contribution in [0.4, 0.5) is 5.82 Å². The Labute approximate surface area is 166 Å². The Balaban J connectivity index is 1.85. The average molecular weight is 419 g/mol. The number of carboxylic acids is 1. The molecule has 0 amide bonds. The van der Waals surface area contributed by atoms with Crippen molar-refractivity contribution < 1.29 is 23.1 Å². The molecule has 1 aliphatic rings. The number of hydrogen-bond donors (Lipinski definition) is 1. The standard InChI is InChI=1S/C19H15ClN2O5S/c1-27-16-4-2-3-11-9-12-7-8-22(18(12)21-17(11)16)28(25,26)13-5-6-15(20)14(10-13)19(23)24/h2-6,9-10H,7-8H2,1H3,(H,23,24). The smallest absolute Gasteiger partial charge is 0.337 e. The van der Waals surface area contributed by atoms with E-state index >= 15 is 0 Å². The fraction of sp³-hybridized carbons (Fsp3) is 0.158. The zero-order chi connectivity index (χ0) is 20.1. The fourth-order valence-electron chi connectivity index (χ4n) is 3.29. The number of carboxylic acid groups (broad SMARTS) is 1. The quantitative estimate of drug-likeness (QED) is 0.697. The van der Waals surface area contributed by atoms with Crippen molar-refractivity contribution in [2.24, 2.45) is 0 Å². The molecule has 9 heteroatoms.